The first-order valence-corrected chi connectivity index (χ1v) is 12.2. The van der Waals surface area contributed by atoms with Crippen molar-refractivity contribution >= 4 is 33.3 Å². The summed E-state index contributed by atoms with van der Waals surface area (Å²) in [6, 6.07) is 8.94. The number of nitrogens with one attached hydrogen (secondary N) is 1. The molecule has 4 heterocycles. The fraction of sp³-hybridized carbons (Fsp3) is 0.476. The molecule has 0 unspecified atom stereocenters. The molecule has 0 bridgehead atoms. The third-order valence-corrected chi connectivity index (χ3v) is 8.13. The van der Waals surface area contributed by atoms with Gasteiger partial charge >= 0.3 is 0 Å². The summed E-state index contributed by atoms with van der Waals surface area (Å²) >= 11 is 0. The highest BCUT2D eigenvalue weighted by atomic mass is 32.2. The van der Waals surface area contributed by atoms with E-state index in [1.165, 1.54) is 17.1 Å². The van der Waals surface area contributed by atoms with Crippen LogP contribution < -0.4 is 15.1 Å². The minimum Gasteiger partial charge on any atom is -0.355 e. The van der Waals surface area contributed by atoms with Crippen molar-refractivity contribution in [2.75, 3.05) is 54.4 Å². The van der Waals surface area contributed by atoms with Crippen LogP contribution in [0.5, 0.6) is 0 Å². The molecule has 1 N–H and O–H groups in total. The molecule has 0 atom stereocenters. The van der Waals surface area contributed by atoms with Crippen LogP contribution in [0.1, 0.15) is 24.8 Å². The first-order valence-electron chi connectivity index (χ1n) is 10.8. The molecule has 3 aliphatic rings. The molecule has 3 aliphatic heterocycles. The summed E-state index contributed by atoms with van der Waals surface area (Å²) in [5, 5.41) is 11.5. The minimum atomic E-state index is -3.58. The second-order valence-electron chi connectivity index (χ2n) is 8.20. The Morgan fingerprint density at radius 2 is 1.45 bits per heavy atom. The predicted octanol–water partition coefficient (Wildman–Crippen LogP) is 1.47. The first kappa shape index (κ1) is 20.2. The van der Waals surface area contributed by atoms with E-state index in [-0.39, 0.29) is 10.8 Å². The van der Waals surface area contributed by atoms with Crippen molar-refractivity contribution in [3.8, 4) is 0 Å². The van der Waals surface area contributed by atoms with Crippen LogP contribution in [0.25, 0.3) is 0 Å². The summed E-state index contributed by atoms with van der Waals surface area (Å²) < 4.78 is 27.8. The van der Waals surface area contributed by atoms with Gasteiger partial charge in [-0.05, 0) is 55.2 Å². The lowest BCUT2D eigenvalue weighted by Gasteiger charge is -2.34. The number of piperazine rings is 1. The summed E-state index contributed by atoms with van der Waals surface area (Å²) in [4.78, 5) is 16.1. The smallest absolute Gasteiger partial charge is 0.243 e. The zero-order chi connectivity index (χ0) is 21.4. The monoisotopic (exact) mass is 442 g/mol. The van der Waals surface area contributed by atoms with E-state index in [1.54, 1.807) is 18.2 Å². The average Bonchev–Trinajstić information content (AvgIpc) is 3.34. The number of fused-ring (bicyclic) bond motifs is 1. The van der Waals surface area contributed by atoms with Crippen molar-refractivity contribution in [1.82, 2.24) is 14.5 Å². The Morgan fingerprint density at radius 3 is 2.10 bits per heavy atom. The van der Waals surface area contributed by atoms with Gasteiger partial charge < -0.3 is 15.1 Å². The van der Waals surface area contributed by atoms with Crippen LogP contribution in [-0.2, 0) is 21.2 Å². The molecule has 2 saturated heterocycles. The maximum atomic E-state index is 13.2. The molecule has 5 rings (SSSR count). The van der Waals surface area contributed by atoms with E-state index in [1.807, 2.05) is 12.1 Å². The molecule has 0 saturated carbocycles. The fourth-order valence-corrected chi connectivity index (χ4v) is 5.90. The van der Waals surface area contributed by atoms with Crippen LogP contribution in [0, 0.1) is 0 Å². The highest BCUT2D eigenvalue weighted by Gasteiger charge is 2.30. The first-order chi connectivity index (χ1) is 15.0. The third kappa shape index (κ3) is 3.97. The summed E-state index contributed by atoms with van der Waals surface area (Å²) in [5.74, 6) is 1.66. The SMILES string of the molecule is O=C1CCc2cc(S(=O)(=O)N3CCN(c4ccc(N5CCCC5)nn4)CC3)ccc2N1. The van der Waals surface area contributed by atoms with E-state index in [2.05, 4.69) is 25.3 Å². The van der Waals surface area contributed by atoms with Crippen LogP contribution >= 0.6 is 0 Å². The number of hydrogen-bond acceptors (Lipinski definition) is 7. The molecule has 10 heteroatoms. The number of benzene rings is 1. The summed E-state index contributed by atoms with van der Waals surface area (Å²) in [5.41, 5.74) is 1.57. The molecular weight excluding hydrogens is 416 g/mol. The zero-order valence-electron chi connectivity index (χ0n) is 17.3. The van der Waals surface area contributed by atoms with Crippen molar-refractivity contribution in [2.24, 2.45) is 0 Å². The Labute approximate surface area is 182 Å². The lowest BCUT2D eigenvalue weighted by molar-refractivity contribution is -0.116. The molecule has 0 radical (unpaired) electrons. The molecule has 2 aromatic rings. The highest BCUT2D eigenvalue weighted by Crippen LogP contribution is 2.28. The number of anilines is 3. The Kier molecular flexibility index (Phi) is 5.27. The second-order valence-corrected chi connectivity index (χ2v) is 10.1. The van der Waals surface area contributed by atoms with Gasteiger partial charge in [0.1, 0.15) is 0 Å². The largest absolute Gasteiger partial charge is 0.355 e. The Morgan fingerprint density at radius 1 is 0.806 bits per heavy atom. The molecule has 164 valence electrons. The molecule has 31 heavy (non-hydrogen) atoms. The molecule has 2 fully saturated rings. The van der Waals surface area contributed by atoms with Gasteiger partial charge in [-0.1, -0.05) is 0 Å². The number of carbonyl (C=O) groups excluding carboxylic acids is 1. The topological polar surface area (TPSA) is 98.7 Å². The van der Waals surface area contributed by atoms with Crippen molar-refractivity contribution in [2.45, 2.75) is 30.6 Å². The van der Waals surface area contributed by atoms with E-state index in [4.69, 9.17) is 0 Å². The molecular formula is C21H26N6O3S. The average molecular weight is 443 g/mol. The van der Waals surface area contributed by atoms with Gasteiger partial charge in [0.2, 0.25) is 15.9 Å². The van der Waals surface area contributed by atoms with Gasteiger partial charge in [-0.2, -0.15) is 4.31 Å². The summed E-state index contributed by atoms with van der Waals surface area (Å²) in [6.45, 7) is 3.98. The van der Waals surface area contributed by atoms with Gasteiger partial charge in [0.15, 0.2) is 11.6 Å². The summed E-state index contributed by atoms with van der Waals surface area (Å²) in [6.07, 6.45) is 3.33. The minimum absolute atomic E-state index is 0.0317. The number of nitrogens with zero attached hydrogens (tertiary/aromatic N) is 5. The molecule has 0 aliphatic carbocycles. The number of carbonyl (C=O) groups is 1. The molecule has 9 nitrogen and oxygen atoms in total. The molecule has 1 aromatic carbocycles. The number of aromatic nitrogens is 2. The molecule has 0 spiro atoms. The van der Waals surface area contributed by atoms with Gasteiger partial charge in [-0.25, -0.2) is 8.42 Å². The van der Waals surface area contributed by atoms with Crippen molar-refractivity contribution < 1.29 is 13.2 Å². The zero-order valence-corrected chi connectivity index (χ0v) is 18.1. The third-order valence-electron chi connectivity index (χ3n) is 6.24. The van der Waals surface area contributed by atoms with E-state index in [0.717, 1.165) is 30.3 Å². The number of hydrogen-bond donors (Lipinski definition) is 1. The van der Waals surface area contributed by atoms with Crippen molar-refractivity contribution in [3.05, 3.63) is 35.9 Å². The second kappa shape index (κ2) is 8.08. The molecule has 1 aromatic heterocycles. The Bertz CT molecular complexity index is 1070. The lowest BCUT2D eigenvalue weighted by atomic mass is 10.0. The fourth-order valence-electron chi connectivity index (χ4n) is 4.43. The van der Waals surface area contributed by atoms with Gasteiger partial charge in [0.05, 0.1) is 4.90 Å². The van der Waals surface area contributed by atoms with Gasteiger partial charge in [0, 0.05) is 51.4 Å². The van der Waals surface area contributed by atoms with Gasteiger partial charge in [-0.15, -0.1) is 10.2 Å². The van der Waals surface area contributed by atoms with Gasteiger partial charge in [-0.3, -0.25) is 4.79 Å². The highest BCUT2D eigenvalue weighted by molar-refractivity contribution is 7.89. The van der Waals surface area contributed by atoms with Crippen molar-refractivity contribution in [1.29, 1.82) is 0 Å². The number of sulfonamides is 1. The van der Waals surface area contributed by atoms with E-state index < -0.39 is 10.0 Å². The van der Waals surface area contributed by atoms with E-state index >= 15 is 0 Å². The van der Waals surface area contributed by atoms with Crippen LogP contribution in [0.4, 0.5) is 17.3 Å². The Balaban J connectivity index is 1.25. The maximum absolute atomic E-state index is 13.2. The normalized spacial score (nSPS) is 19.9. The Hall–Kier alpha value is -2.72. The van der Waals surface area contributed by atoms with Crippen molar-refractivity contribution in [3.63, 3.8) is 0 Å². The summed E-state index contributed by atoms with van der Waals surface area (Å²) in [7, 11) is -3.58. The van der Waals surface area contributed by atoms with E-state index in [0.29, 0.717) is 44.7 Å². The quantitative estimate of drug-likeness (QED) is 0.766. The van der Waals surface area contributed by atoms with E-state index in [9.17, 15) is 13.2 Å². The number of aryl methyl sites for hydroxylation is 1. The molecule has 1 amide bonds. The van der Waals surface area contributed by atoms with Crippen LogP contribution in [0.2, 0.25) is 0 Å². The predicted molar refractivity (Wildman–Crippen MR) is 118 cm³/mol. The maximum Gasteiger partial charge on any atom is 0.243 e. The van der Waals surface area contributed by atoms with Gasteiger partial charge in [0.25, 0.3) is 0 Å². The van der Waals surface area contributed by atoms with Crippen LogP contribution in [0.3, 0.4) is 0 Å². The lowest BCUT2D eigenvalue weighted by Crippen LogP contribution is -2.49. The standard InChI is InChI=1S/C21H26N6O3S/c28-21-8-3-16-15-17(4-5-18(16)22-21)31(29,30)27-13-11-26(12-14-27)20-7-6-19(23-24-20)25-9-1-2-10-25/h4-7,15H,1-3,8-14H2,(H,22,28). The number of amides is 1. The van der Waals surface area contributed by atoms with Crippen LogP contribution in [0.15, 0.2) is 35.2 Å². The van der Waals surface area contributed by atoms with Crippen LogP contribution in [-0.4, -0.2) is 68.1 Å². The number of rotatable bonds is 4.